The molecule has 24 heavy (non-hydrogen) atoms. The van der Waals surface area contributed by atoms with Crippen molar-refractivity contribution in [2.75, 3.05) is 9.80 Å². The number of aryl methyl sites for hydroxylation is 1. The number of rotatable bonds is 2. The molecule has 0 N–H and O–H groups in total. The van der Waals surface area contributed by atoms with Crippen LogP contribution in [0.4, 0.5) is 11.4 Å². The monoisotopic (exact) mass is 456 g/mol. The minimum Gasteiger partial charge on any atom is -0.274 e. The van der Waals surface area contributed by atoms with Crippen molar-refractivity contribution in [3.63, 3.8) is 0 Å². The third-order valence-electron chi connectivity index (χ3n) is 4.25. The molecule has 0 spiro atoms. The summed E-state index contributed by atoms with van der Waals surface area (Å²) in [6.07, 6.45) is 0.180. The summed E-state index contributed by atoms with van der Waals surface area (Å²) in [7, 11) is 0. The summed E-state index contributed by atoms with van der Waals surface area (Å²) in [6, 6.07) is 3.38. The SMILES string of the molecule is Cc1ccc(N2C(=O)CC(Br)C2=O)c(C)c1N1C(=O)CC(Br)C1=O. The fourth-order valence-electron chi connectivity index (χ4n) is 3.09. The van der Waals surface area contributed by atoms with Crippen LogP contribution in [0.15, 0.2) is 12.1 Å². The molecule has 0 aromatic heterocycles. The molecule has 2 fully saturated rings. The number of imide groups is 2. The molecule has 0 radical (unpaired) electrons. The van der Waals surface area contributed by atoms with Gasteiger partial charge in [0, 0.05) is 12.8 Å². The predicted molar refractivity (Wildman–Crippen MR) is 95.6 cm³/mol. The average Bonchev–Trinajstić information content (AvgIpc) is 2.90. The Morgan fingerprint density at radius 1 is 0.875 bits per heavy atom. The normalized spacial score (nSPS) is 24.5. The summed E-state index contributed by atoms with van der Waals surface area (Å²) in [5, 5.41) is 0. The highest BCUT2D eigenvalue weighted by molar-refractivity contribution is 9.10. The van der Waals surface area contributed by atoms with Crippen LogP contribution in [-0.4, -0.2) is 33.3 Å². The van der Waals surface area contributed by atoms with Crippen LogP contribution in [0.3, 0.4) is 0 Å². The van der Waals surface area contributed by atoms with Crippen LogP contribution in [0.25, 0.3) is 0 Å². The van der Waals surface area contributed by atoms with Gasteiger partial charge in [-0.1, -0.05) is 37.9 Å². The van der Waals surface area contributed by atoms with E-state index in [1.54, 1.807) is 26.0 Å². The molecular formula is C16H14Br2N2O4. The molecule has 2 atom stereocenters. The van der Waals surface area contributed by atoms with E-state index in [1.807, 2.05) is 0 Å². The highest BCUT2D eigenvalue weighted by Gasteiger charge is 2.42. The first-order valence-electron chi connectivity index (χ1n) is 7.36. The number of carbonyl (C=O) groups excluding carboxylic acids is 4. The van der Waals surface area contributed by atoms with Gasteiger partial charge in [0.25, 0.3) is 0 Å². The van der Waals surface area contributed by atoms with Crippen LogP contribution in [0.2, 0.25) is 0 Å². The maximum atomic E-state index is 12.3. The molecule has 3 rings (SSSR count). The summed E-state index contributed by atoms with van der Waals surface area (Å²) < 4.78 is 0. The molecule has 2 aliphatic rings. The van der Waals surface area contributed by atoms with Gasteiger partial charge < -0.3 is 0 Å². The average molecular weight is 458 g/mol. The summed E-state index contributed by atoms with van der Waals surface area (Å²) in [4.78, 5) is 50.2. The number of amides is 4. The van der Waals surface area contributed by atoms with Gasteiger partial charge in [0.1, 0.15) is 9.65 Å². The Labute approximate surface area is 155 Å². The third kappa shape index (κ3) is 2.52. The minimum atomic E-state index is -0.547. The summed E-state index contributed by atoms with van der Waals surface area (Å²) in [6.45, 7) is 3.50. The van der Waals surface area contributed by atoms with Crippen molar-refractivity contribution in [3.8, 4) is 0 Å². The maximum Gasteiger partial charge on any atom is 0.248 e. The van der Waals surface area contributed by atoms with Gasteiger partial charge in [0.2, 0.25) is 23.6 Å². The number of hydrogen-bond acceptors (Lipinski definition) is 4. The van der Waals surface area contributed by atoms with E-state index in [0.29, 0.717) is 16.9 Å². The molecule has 8 heteroatoms. The fraction of sp³-hybridized carbons (Fsp3) is 0.375. The van der Waals surface area contributed by atoms with E-state index < -0.39 is 9.65 Å². The third-order valence-corrected chi connectivity index (χ3v) is 5.68. The lowest BCUT2D eigenvalue weighted by atomic mass is 10.0. The zero-order valence-corrected chi connectivity index (χ0v) is 16.2. The highest BCUT2D eigenvalue weighted by Crippen LogP contribution is 2.38. The fourth-order valence-corrected chi connectivity index (χ4v) is 4.05. The zero-order valence-electron chi connectivity index (χ0n) is 13.0. The van der Waals surface area contributed by atoms with Crippen LogP contribution in [-0.2, 0) is 19.2 Å². The summed E-state index contributed by atoms with van der Waals surface area (Å²) in [5.41, 5.74) is 2.14. The molecule has 2 unspecified atom stereocenters. The van der Waals surface area contributed by atoms with Gasteiger partial charge in [-0.15, -0.1) is 0 Å². The van der Waals surface area contributed by atoms with Gasteiger partial charge in [-0.25, -0.2) is 9.80 Å². The van der Waals surface area contributed by atoms with Gasteiger partial charge in [-0.2, -0.15) is 0 Å². The summed E-state index contributed by atoms with van der Waals surface area (Å²) >= 11 is 6.40. The molecule has 126 valence electrons. The van der Waals surface area contributed by atoms with Crippen LogP contribution in [0.1, 0.15) is 24.0 Å². The lowest BCUT2D eigenvalue weighted by molar-refractivity contribution is -0.122. The van der Waals surface area contributed by atoms with E-state index in [-0.39, 0.29) is 36.5 Å². The van der Waals surface area contributed by atoms with Gasteiger partial charge in [0.05, 0.1) is 11.4 Å². The van der Waals surface area contributed by atoms with Crippen LogP contribution >= 0.6 is 31.9 Å². The molecule has 4 amide bonds. The molecule has 0 aliphatic carbocycles. The standard InChI is InChI=1S/C16H14Br2N2O4/c1-7-3-4-11(19-12(21)5-9(17)15(19)23)8(2)14(7)20-13(22)6-10(18)16(20)24/h3-4,9-10H,5-6H2,1-2H3. The van der Waals surface area contributed by atoms with Gasteiger partial charge in [-0.3, -0.25) is 19.2 Å². The zero-order chi connectivity index (χ0) is 17.8. The molecule has 2 aliphatic heterocycles. The number of alkyl halides is 2. The molecule has 2 saturated heterocycles. The van der Waals surface area contributed by atoms with Crippen molar-refractivity contribution >= 4 is 66.9 Å². The Kier molecular flexibility index (Phi) is 4.37. The number of halogens is 2. The smallest absolute Gasteiger partial charge is 0.248 e. The molecule has 1 aromatic carbocycles. The first-order chi connectivity index (χ1) is 11.2. The first-order valence-corrected chi connectivity index (χ1v) is 9.19. The number of carbonyl (C=O) groups is 4. The van der Waals surface area contributed by atoms with E-state index in [9.17, 15) is 19.2 Å². The molecule has 2 heterocycles. The van der Waals surface area contributed by atoms with Crippen molar-refractivity contribution in [3.05, 3.63) is 23.3 Å². The van der Waals surface area contributed by atoms with E-state index in [2.05, 4.69) is 31.9 Å². The van der Waals surface area contributed by atoms with Crippen LogP contribution < -0.4 is 9.80 Å². The molecule has 6 nitrogen and oxygen atoms in total. The molecule has 0 bridgehead atoms. The van der Waals surface area contributed by atoms with Crippen molar-refractivity contribution < 1.29 is 19.2 Å². The molecule has 1 aromatic rings. The lowest BCUT2D eigenvalue weighted by Gasteiger charge is -2.24. The van der Waals surface area contributed by atoms with E-state index in [4.69, 9.17) is 0 Å². The number of benzene rings is 1. The Hall–Kier alpha value is -1.54. The Bertz CT molecular complexity index is 793. The quantitative estimate of drug-likeness (QED) is 0.504. The van der Waals surface area contributed by atoms with Gasteiger partial charge in [0.15, 0.2) is 0 Å². The summed E-state index contributed by atoms with van der Waals surface area (Å²) in [5.74, 6) is -1.28. The number of anilines is 2. The Balaban J connectivity index is 2.13. The number of nitrogens with zero attached hydrogens (tertiary/aromatic N) is 2. The van der Waals surface area contributed by atoms with Gasteiger partial charge >= 0.3 is 0 Å². The van der Waals surface area contributed by atoms with Crippen molar-refractivity contribution in [2.24, 2.45) is 0 Å². The predicted octanol–water partition coefficient (Wildman–Crippen LogP) is 2.36. The lowest BCUT2D eigenvalue weighted by Crippen LogP contribution is -2.34. The topological polar surface area (TPSA) is 74.8 Å². The van der Waals surface area contributed by atoms with Crippen molar-refractivity contribution in [2.45, 2.75) is 36.3 Å². The van der Waals surface area contributed by atoms with Crippen LogP contribution in [0, 0.1) is 13.8 Å². The maximum absolute atomic E-state index is 12.3. The second kappa shape index (κ2) is 6.07. The van der Waals surface area contributed by atoms with Crippen LogP contribution in [0.5, 0.6) is 0 Å². The second-order valence-electron chi connectivity index (χ2n) is 5.85. The van der Waals surface area contributed by atoms with E-state index in [0.717, 1.165) is 15.4 Å². The Morgan fingerprint density at radius 3 is 1.83 bits per heavy atom. The first kappa shape index (κ1) is 17.3. The van der Waals surface area contributed by atoms with E-state index in [1.165, 1.54) is 0 Å². The Morgan fingerprint density at radius 2 is 1.38 bits per heavy atom. The van der Waals surface area contributed by atoms with Gasteiger partial charge in [-0.05, 0) is 31.0 Å². The van der Waals surface area contributed by atoms with E-state index >= 15 is 0 Å². The minimum absolute atomic E-state index is 0.0898. The molecular weight excluding hydrogens is 444 g/mol. The largest absolute Gasteiger partial charge is 0.274 e. The van der Waals surface area contributed by atoms with Crippen molar-refractivity contribution in [1.82, 2.24) is 0 Å². The highest BCUT2D eigenvalue weighted by atomic mass is 79.9. The molecule has 0 saturated carbocycles. The second-order valence-corrected chi connectivity index (χ2v) is 8.06. The number of hydrogen-bond donors (Lipinski definition) is 0. The van der Waals surface area contributed by atoms with Crippen molar-refractivity contribution in [1.29, 1.82) is 0 Å².